The zero-order valence-electron chi connectivity index (χ0n) is 18.0. The van der Waals surface area contributed by atoms with E-state index in [0.717, 1.165) is 43.9 Å². The summed E-state index contributed by atoms with van der Waals surface area (Å²) in [6, 6.07) is 8.27. The number of rotatable bonds is 4. The van der Waals surface area contributed by atoms with Gasteiger partial charge in [0.15, 0.2) is 0 Å². The normalized spacial score (nSPS) is 19.9. The van der Waals surface area contributed by atoms with Crippen LogP contribution in [-0.4, -0.2) is 78.4 Å². The van der Waals surface area contributed by atoms with Crippen molar-refractivity contribution >= 4 is 23.5 Å². The van der Waals surface area contributed by atoms with Gasteiger partial charge in [0.1, 0.15) is 0 Å². The van der Waals surface area contributed by atoms with Crippen molar-refractivity contribution in [2.45, 2.75) is 26.7 Å². The summed E-state index contributed by atoms with van der Waals surface area (Å²) in [5, 5.41) is 14.0. The summed E-state index contributed by atoms with van der Waals surface area (Å²) in [5.41, 5.74) is 4.63. The molecule has 1 fully saturated rings. The predicted molar refractivity (Wildman–Crippen MR) is 117 cm³/mol. The van der Waals surface area contributed by atoms with Crippen LogP contribution in [0.5, 0.6) is 0 Å². The summed E-state index contributed by atoms with van der Waals surface area (Å²) < 4.78 is 0. The summed E-state index contributed by atoms with van der Waals surface area (Å²) in [5.74, 6) is 0.482. The molecule has 3 aliphatic rings. The number of carbonyl (C=O) groups is 2. The third kappa shape index (κ3) is 3.78. The second-order valence-corrected chi connectivity index (χ2v) is 8.73. The lowest BCUT2D eigenvalue weighted by atomic mass is 10.1. The molecule has 8 nitrogen and oxygen atoms in total. The molecule has 1 aromatic carbocycles. The van der Waals surface area contributed by atoms with Gasteiger partial charge in [0.05, 0.1) is 12.2 Å². The van der Waals surface area contributed by atoms with Crippen molar-refractivity contribution < 1.29 is 14.7 Å². The van der Waals surface area contributed by atoms with Crippen molar-refractivity contribution in [3.05, 3.63) is 35.5 Å². The average molecular weight is 414 g/mol. The fraction of sp³-hybridized carbons (Fsp3) is 0.545. The first-order valence-corrected chi connectivity index (χ1v) is 10.7. The Bertz CT molecular complexity index is 851. The van der Waals surface area contributed by atoms with E-state index in [0.29, 0.717) is 25.6 Å². The van der Waals surface area contributed by atoms with Crippen LogP contribution in [-0.2, 0) is 0 Å². The first-order valence-electron chi connectivity index (χ1n) is 10.7. The smallest absolute Gasteiger partial charge is 0.407 e. The van der Waals surface area contributed by atoms with Crippen LogP contribution in [0.1, 0.15) is 26.7 Å². The number of urea groups is 1. The van der Waals surface area contributed by atoms with Crippen LogP contribution in [0.25, 0.3) is 0 Å². The molecule has 0 bridgehead atoms. The van der Waals surface area contributed by atoms with Gasteiger partial charge in [-0.05, 0) is 42.2 Å². The highest BCUT2D eigenvalue weighted by molar-refractivity contribution is 5.94. The van der Waals surface area contributed by atoms with Crippen LogP contribution in [0.4, 0.5) is 21.0 Å². The number of nitrogens with zero attached hydrogens (tertiary/aromatic N) is 5. The largest absolute Gasteiger partial charge is 0.465 e. The highest BCUT2D eigenvalue weighted by atomic mass is 16.4. The first-order chi connectivity index (χ1) is 14.3. The molecule has 3 aliphatic heterocycles. The summed E-state index contributed by atoms with van der Waals surface area (Å²) in [7, 11) is 1.83. The van der Waals surface area contributed by atoms with Crippen LogP contribution < -0.4 is 9.91 Å². The van der Waals surface area contributed by atoms with Crippen molar-refractivity contribution in [2.75, 3.05) is 56.2 Å². The standard InChI is InChI=1S/C22H31N5O3/c1-16(2)14-27-20-9-11-24(22(29)30)10-8-17(20)15-26(27)19-6-4-18(5-7-19)25-13-12-23(3)21(25)28/h4-7,16H,8-15H2,1-3H3,(H,29,30). The van der Waals surface area contributed by atoms with Crippen LogP contribution in [0.15, 0.2) is 35.5 Å². The van der Waals surface area contributed by atoms with Gasteiger partial charge in [-0.1, -0.05) is 13.8 Å². The highest BCUT2D eigenvalue weighted by Crippen LogP contribution is 2.35. The topological polar surface area (TPSA) is 70.6 Å². The van der Waals surface area contributed by atoms with Gasteiger partial charge in [-0.15, -0.1) is 0 Å². The number of hydrazine groups is 1. The molecule has 0 spiro atoms. The summed E-state index contributed by atoms with van der Waals surface area (Å²) in [6.45, 7) is 8.66. The Morgan fingerprint density at radius 1 is 1.03 bits per heavy atom. The predicted octanol–water partition coefficient (Wildman–Crippen LogP) is 3.28. The van der Waals surface area contributed by atoms with Gasteiger partial charge in [-0.25, -0.2) is 9.59 Å². The number of hydrogen-bond acceptors (Lipinski definition) is 4. The lowest BCUT2D eigenvalue weighted by Crippen LogP contribution is -2.41. The molecular weight excluding hydrogens is 382 g/mol. The molecule has 0 aromatic heterocycles. The Hall–Kier alpha value is -2.90. The second-order valence-electron chi connectivity index (χ2n) is 8.73. The number of carbonyl (C=O) groups excluding carboxylic acids is 1. The van der Waals surface area contributed by atoms with E-state index in [1.807, 2.05) is 24.1 Å². The number of likely N-dealkylation sites (N-methyl/N-ethyl adjacent to an activating group) is 1. The molecule has 4 rings (SSSR count). The summed E-state index contributed by atoms with van der Waals surface area (Å²) in [6.07, 6.45) is 0.692. The molecule has 0 atom stereocenters. The monoisotopic (exact) mass is 413 g/mol. The molecule has 3 amide bonds. The van der Waals surface area contributed by atoms with Gasteiger partial charge in [-0.3, -0.25) is 14.9 Å². The average Bonchev–Trinajstić information content (AvgIpc) is 3.12. The first kappa shape index (κ1) is 20.4. The molecule has 162 valence electrons. The van der Waals surface area contributed by atoms with Gasteiger partial charge in [0, 0.05) is 57.6 Å². The molecule has 0 radical (unpaired) electrons. The Kier molecular flexibility index (Phi) is 5.49. The number of amides is 3. The van der Waals surface area contributed by atoms with E-state index in [1.54, 1.807) is 4.90 Å². The number of benzene rings is 1. The molecule has 30 heavy (non-hydrogen) atoms. The Labute approximate surface area is 177 Å². The minimum atomic E-state index is -0.832. The van der Waals surface area contributed by atoms with Crippen molar-refractivity contribution in [3.63, 3.8) is 0 Å². The van der Waals surface area contributed by atoms with E-state index >= 15 is 0 Å². The van der Waals surface area contributed by atoms with Gasteiger partial charge in [0.25, 0.3) is 0 Å². The van der Waals surface area contributed by atoms with E-state index in [1.165, 1.54) is 16.2 Å². The fourth-order valence-electron chi connectivity index (χ4n) is 4.51. The van der Waals surface area contributed by atoms with Crippen LogP contribution >= 0.6 is 0 Å². The van der Waals surface area contributed by atoms with Gasteiger partial charge < -0.3 is 14.9 Å². The maximum absolute atomic E-state index is 12.3. The molecule has 1 N–H and O–H groups in total. The molecule has 1 aromatic rings. The Morgan fingerprint density at radius 3 is 2.30 bits per heavy atom. The molecule has 0 aliphatic carbocycles. The maximum Gasteiger partial charge on any atom is 0.407 e. The number of hydrogen-bond donors (Lipinski definition) is 1. The van der Waals surface area contributed by atoms with Crippen molar-refractivity contribution in [1.82, 2.24) is 14.8 Å². The highest BCUT2D eigenvalue weighted by Gasteiger charge is 2.33. The molecule has 0 unspecified atom stereocenters. The third-order valence-electron chi connectivity index (χ3n) is 6.14. The molecular formula is C22H31N5O3. The maximum atomic E-state index is 12.3. The van der Waals surface area contributed by atoms with E-state index in [4.69, 9.17) is 0 Å². The number of carboxylic acid groups (broad SMARTS) is 1. The van der Waals surface area contributed by atoms with Gasteiger partial charge in [-0.2, -0.15) is 0 Å². The molecule has 8 heteroatoms. The minimum Gasteiger partial charge on any atom is -0.465 e. The Balaban J connectivity index is 1.54. The van der Waals surface area contributed by atoms with Crippen LogP contribution in [0.3, 0.4) is 0 Å². The fourth-order valence-corrected chi connectivity index (χ4v) is 4.51. The van der Waals surface area contributed by atoms with Crippen molar-refractivity contribution in [3.8, 4) is 0 Å². The van der Waals surface area contributed by atoms with Crippen molar-refractivity contribution in [2.24, 2.45) is 5.92 Å². The SMILES string of the molecule is CC(C)CN1C2=C(CCN(C(=O)O)CC2)CN1c1ccc(N2CCN(C)C2=O)cc1. The molecule has 3 heterocycles. The summed E-state index contributed by atoms with van der Waals surface area (Å²) in [4.78, 5) is 28.8. The van der Waals surface area contributed by atoms with E-state index in [9.17, 15) is 14.7 Å². The third-order valence-corrected chi connectivity index (χ3v) is 6.14. The zero-order chi connectivity index (χ0) is 21.4. The zero-order valence-corrected chi connectivity index (χ0v) is 18.0. The lowest BCUT2D eigenvalue weighted by Gasteiger charge is -2.36. The van der Waals surface area contributed by atoms with E-state index < -0.39 is 6.09 Å². The molecule has 0 saturated carbocycles. The van der Waals surface area contributed by atoms with E-state index in [2.05, 4.69) is 36.0 Å². The van der Waals surface area contributed by atoms with Gasteiger partial charge in [0.2, 0.25) is 0 Å². The van der Waals surface area contributed by atoms with E-state index in [-0.39, 0.29) is 6.03 Å². The van der Waals surface area contributed by atoms with Crippen LogP contribution in [0.2, 0.25) is 0 Å². The molecule has 1 saturated heterocycles. The van der Waals surface area contributed by atoms with Crippen molar-refractivity contribution in [1.29, 1.82) is 0 Å². The second kappa shape index (κ2) is 8.08. The van der Waals surface area contributed by atoms with Gasteiger partial charge >= 0.3 is 12.1 Å². The number of anilines is 2. The van der Waals surface area contributed by atoms with Crippen LogP contribution in [0, 0.1) is 5.92 Å². The lowest BCUT2D eigenvalue weighted by molar-refractivity contribution is 0.146. The quantitative estimate of drug-likeness (QED) is 0.820. The minimum absolute atomic E-state index is 0.0433. The Morgan fingerprint density at radius 2 is 1.70 bits per heavy atom. The summed E-state index contributed by atoms with van der Waals surface area (Å²) >= 11 is 0.